The summed E-state index contributed by atoms with van der Waals surface area (Å²) in [7, 11) is 0. The summed E-state index contributed by atoms with van der Waals surface area (Å²) in [6.45, 7) is 6.08. The Morgan fingerprint density at radius 1 is 1.58 bits per heavy atom. The highest BCUT2D eigenvalue weighted by Crippen LogP contribution is 2.18. The number of carbonyl (C=O) groups is 1. The van der Waals surface area contributed by atoms with E-state index >= 15 is 0 Å². The van der Waals surface area contributed by atoms with Crippen LogP contribution < -0.4 is 0 Å². The van der Waals surface area contributed by atoms with E-state index in [0.29, 0.717) is 6.42 Å². The van der Waals surface area contributed by atoms with E-state index in [1.165, 1.54) is 0 Å². The summed E-state index contributed by atoms with van der Waals surface area (Å²) in [5.41, 5.74) is 0. The van der Waals surface area contributed by atoms with Crippen molar-refractivity contribution >= 4 is 5.91 Å². The molecule has 68 valence electrons. The topological polar surface area (TPSA) is 40.5 Å². The average Bonchev–Trinajstić information content (AvgIpc) is 2.05. The fourth-order valence-electron chi connectivity index (χ4n) is 1.74. The Hall–Kier alpha value is -0.570. The molecule has 1 heterocycles. The Morgan fingerprint density at radius 3 is 2.92 bits per heavy atom. The zero-order valence-electron chi connectivity index (χ0n) is 7.20. The van der Waals surface area contributed by atoms with Crippen molar-refractivity contribution in [2.45, 2.75) is 31.7 Å². The lowest BCUT2D eigenvalue weighted by atomic mass is 10.00. The van der Waals surface area contributed by atoms with E-state index in [1.807, 2.05) is 0 Å². The van der Waals surface area contributed by atoms with Gasteiger partial charge in [-0.15, -0.1) is 0 Å². The predicted molar refractivity (Wildman–Crippen MR) is 45.4 cm³/mol. The van der Waals surface area contributed by atoms with Crippen LogP contribution in [0.4, 0.5) is 0 Å². The molecule has 1 fully saturated rings. The largest absolute Gasteiger partial charge is 0.396 e. The third kappa shape index (κ3) is 2.21. The fraction of sp³-hybridized carbons (Fsp3) is 0.778. The van der Waals surface area contributed by atoms with E-state index in [1.54, 1.807) is 4.90 Å². The number of hydrogen-bond donors (Lipinski definition) is 1. The third-order valence-electron chi connectivity index (χ3n) is 2.37. The molecule has 1 aliphatic heterocycles. The van der Waals surface area contributed by atoms with Crippen LogP contribution in [-0.2, 0) is 4.79 Å². The first kappa shape index (κ1) is 9.52. The van der Waals surface area contributed by atoms with E-state index in [9.17, 15) is 4.79 Å². The summed E-state index contributed by atoms with van der Waals surface area (Å²) in [5.74, 6) is -0.354. The first-order valence-electron chi connectivity index (χ1n) is 4.42. The van der Waals surface area contributed by atoms with Crippen molar-refractivity contribution < 1.29 is 9.90 Å². The zero-order valence-corrected chi connectivity index (χ0v) is 7.20. The number of aliphatic hydroxyl groups excluding tert-OH is 1. The molecular weight excluding hydrogens is 154 g/mol. The van der Waals surface area contributed by atoms with Gasteiger partial charge in [0.2, 0.25) is 5.91 Å². The molecule has 3 nitrogen and oxygen atoms in total. The van der Waals surface area contributed by atoms with Crippen LogP contribution in [0.5, 0.6) is 0 Å². The number of piperidine rings is 1. The Kier molecular flexibility index (Phi) is 3.53. The Morgan fingerprint density at radius 2 is 2.33 bits per heavy atom. The lowest BCUT2D eigenvalue weighted by molar-refractivity contribution is -0.130. The molecule has 1 atom stereocenters. The van der Waals surface area contributed by atoms with Crippen LogP contribution in [0, 0.1) is 6.92 Å². The SMILES string of the molecule is [CH]C(=O)N1CCCCC1CCO. The zero-order chi connectivity index (χ0) is 8.97. The number of hydrogen-bond acceptors (Lipinski definition) is 2. The van der Waals surface area contributed by atoms with Crippen molar-refractivity contribution in [3.8, 4) is 0 Å². The van der Waals surface area contributed by atoms with Crippen LogP contribution in [0.25, 0.3) is 0 Å². The van der Waals surface area contributed by atoms with Crippen molar-refractivity contribution in [2.75, 3.05) is 13.2 Å². The molecule has 1 unspecified atom stereocenters. The second-order valence-corrected chi connectivity index (χ2v) is 3.19. The Labute approximate surface area is 73.4 Å². The summed E-state index contributed by atoms with van der Waals surface area (Å²) < 4.78 is 0. The molecule has 1 saturated heterocycles. The molecule has 0 spiro atoms. The van der Waals surface area contributed by atoms with Crippen molar-refractivity contribution in [3.63, 3.8) is 0 Å². The van der Waals surface area contributed by atoms with Crippen LogP contribution >= 0.6 is 0 Å². The molecule has 1 amide bonds. The highest BCUT2D eigenvalue weighted by atomic mass is 16.3. The minimum atomic E-state index is -0.354. The molecule has 1 rings (SSSR count). The van der Waals surface area contributed by atoms with Crippen LogP contribution in [0.1, 0.15) is 25.7 Å². The molecule has 0 aromatic heterocycles. The van der Waals surface area contributed by atoms with Crippen LogP contribution in [-0.4, -0.2) is 35.1 Å². The van der Waals surface area contributed by atoms with Crippen LogP contribution in [0.2, 0.25) is 0 Å². The van der Waals surface area contributed by atoms with Crippen molar-refractivity contribution in [1.29, 1.82) is 0 Å². The minimum absolute atomic E-state index is 0.133. The van der Waals surface area contributed by atoms with Gasteiger partial charge in [0.05, 0.1) is 6.92 Å². The van der Waals surface area contributed by atoms with Gasteiger partial charge in [0.15, 0.2) is 0 Å². The first-order chi connectivity index (χ1) is 5.75. The van der Waals surface area contributed by atoms with Crippen molar-refractivity contribution in [2.24, 2.45) is 0 Å². The van der Waals surface area contributed by atoms with E-state index in [2.05, 4.69) is 0 Å². The molecule has 12 heavy (non-hydrogen) atoms. The summed E-state index contributed by atoms with van der Waals surface area (Å²) in [5, 5.41) is 8.74. The lowest BCUT2D eigenvalue weighted by Crippen LogP contribution is -2.43. The molecule has 1 aliphatic rings. The minimum Gasteiger partial charge on any atom is -0.396 e. The summed E-state index contributed by atoms with van der Waals surface area (Å²) in [6, 6.07) is 0.168. The van der Waals surface area contributed by atoms with Gasteiger partial charge in [0.25, 0.3) is 0 Å². The third-order valence-corrected chi connectivity index (χ3v) is 2.37. The number of carbonyl (C=O) groups excluding carboxylic acids is 1. The van der Waals surface area contributed by atoms with Gasteiger partial charge in [-0.05, 0) is 25.7 Å². The summed E-state index contributed by atoms with van der Waals surface area (Å²) in [4.78, 5) is 12.6. The van der Waals surface area contributed by atoms with Gasteiger partial charge < -0.3 is 10.0 Å². The van der Waals surface area contributed by atoms with Crippen LogP contribution in [0.3, 0.4) is 0 Å². The molecule has 0 bridgehead atoms. The van der Waals surface area contributed by atoms with Gasteiger partial charge >= 0.3 is 0 Å². The first-order valence-corrected chi connectivity index (χ1v) is 4.42. The van der Waals surface area contributed by atoms with Crippen molar-refractivity contribution in [1.82, 2.24) is 4.90 Å². The lowest BCUT2D eigenvalue weighted by Gasteiger charge is -2.34. The smallest absolute Gasteiger partial charge is 0.227 e. The normalized spacial score (nSPS) is 24.2. The number of nitrogens with zero attached hydrogens (tertiary/aromatic N) is 1. The molecule has 0 saturated carbocycles. The molecular formula is C9H15NO2. The molecule has 0 aromatic carbocycles. The van der Waals surface area contributed by atoms with Crippen LogP contribution in [0.15, 0.2) is 0 Å². The standard InChI is InChI=1S/C9H15NO2/c1-8(12)10-6-3-2-4-9(10)5-7-11/h1,9,11H,2-7H2. The molecule has 1 N–H and O–H groups in total. The summed E-state index contributed by atoms with van der Waals surface area (Å²) >= 11 is 0. The van der Waals surface area contributed by atoms with Gasteiger partial charge in [-0.1, -0.05) is 0 Å². The number of likely N-dealkylation sites (tertiary alicyclic amines) is 1. The van der Waals surface area contributed by atoms with Gasteiger partial charge in [-0.2, -0.15) is 0 Å². The highest BCUT2D eigenvalue weighted by molar-refractivity contribution is 5.80. The maximum absolute atomic E-state index is 10.9. The second kappa shape index (κ2) is 4.45. The van der Waals surface area contributed by atoms with E-state index in [4.69, 9.17) is 12.0 Å². The highest BCUT2D eigenvalue weighted by Gasteiger charge is 2.23. The van der Waals surface area contributed by atoms with Gasteiger partial charge in [-0.3, -0.25) is 4.79 Å². The maximum atomic E-state index is 10.9. The average molecular weight is 169 g/mol. The number of aliphatic hydroxyl groups is 1. The number of amides is 1. The predicted octanol–water partition coefficient (Wildman–Crippen LogP) is 0.461. The molecule has 3 heteroatoms. The second-order valence-electron chi connectivity index (χ2n) is 3.19. The maximum Gasteiger partial charge on any atom is 0.227 e. The Bertz CT molecular complexity index is 157. The molecule has 0 aliphatic carbocycles. The van der Waals surface area contributed by atoms with Gasteiger partial charge in [0, 0.05) is 19.2 Å². The van der Waals surface area contributed by atoms with Gasteiger partial charge in [0.1, 0.15) is 0 Å². The Balaban J connectivity index is 2.48. The number of rotatable bonds is 2. The van der Waals surface area contributed by atoms with E-state index in [-0.39, 0.29) is 18.6 Å². The van der Waals surface area contributed by atoms with E-state index < -0.39 is 0 Å². The summed E-state index contributed by atoms with van der Waals surface area (Å²) in [6.07, 6.45) is 3.80. The quantitative estimate of drug-likeness (QED) is 0.652. The monoisotopic (exact) mass is 169 g/mol. The van der Waals surface area contributed by atoms with Crippen molar-refractivity contribution in [3.05, 3.63) is 6.92 Å². The molecule has 2 radical (unpaired) electrons. The fourth-order valence-corrected chi connectivity index (χ4v) is 1.74. The molecule has 0 aromatic rings. The van der Waals surface area contributed by atoms with E-state index in [0.717, 1.165) is 25.8 Å². The van der Waals surface area contributed by atoms with Gasteiger partial charge in [-0.25, -0.2) is 0 Å².